The molecular weight excluding hydrogens is 236 g/mol. The minimum atomic E-state index is 0.188. The molecule has 0 spiro atoms. The van der Waals surface area contributed by atoms with Crippen molar-refractivity contribution in [3.05, 3.63) is 23.9 Å². The van der Waals surface area contributed by atoms with Crippen LogP contribution in [0.3, 0.4) is 0 Å². The number of hydrogen-bond donors (Lipinski definition) is 1. The van der Waals surface area contributed by atoms with Crippen LogP contribution in [0, 0.1) is 0 Å². The van der Waals surface area contributed by atoms with Crippen molar-refractivity contribution in [3.8, 4) is 0 Å². The summed E-state index contributed by atoms with van der Waals surface area (Å²) >= 11 is 0. The second-order valence-electron chi connectivity index (χ2n) is 5.50. The van der Waals surface area contributed by atoms with Crippen LogP contribution < -0.4 is 10.6 Å². The van der Waals surface area contributed by atoms with Crippen molar-refractivity contribution in [2.24, 2.45) is 5.73 Å². The van der Waals surface area contributed by atoms with Crippen LogP contribution in [0.15, 0.2) is 18.3 Å². The molecule has 0 aliphatic rings. The van der Waals surface area contributed by atoms with Gasteiger partial charge in [0.15, 0.2) is 0 Å². The average Bonchev–Trinajstić information content (AvgIpc) is 2.34. The van der Waals surface area contributed by atoms with Crippen LogP contribution >= 0.6 is 0 Å². The predicted octanol–water partition coefficient (Wildman–Crippen LogP) is 1.75. The molecule has 0 bridgehead atoms. The Balaban J connectivity index is 2.67. The molecule has 1 aromatic heterocycles. The molecule has 0 aromatic carbocycles. The minimum Gasteiger partial charge on any atom is -0.355 e. The van der Waals surface area contributed by atoms with Crippen LogP contribution in [0.25, 0.3) is 0 Å². The van der Waals surface area contributed by atoms with Crippen LogP contribution in [0.5, 0.6) is 0 Å². The van der Waals surface area contributed by atoms with Crippen molar-refractivity contribution < 1.29 is 0 Å². The predicted molar refractivity (Wildman–Crippen MR) is 82.6 cm³/mol. The molecule has 0 radical (unpaired) electrons. The summed E-state index contributed by atoms with van der Waals surface area (Å²) in [6.07, 6.45) is 3.98. The zero-order valence-electron chi connectivity index (χ0n) is 12.8. The van der Waals surface area contributed by atoms with E-state index in [1.807, 2.05) is 13.1 Å². The molecule has 1 aromatic rings. The van der Waals surface area contributed by atoms with Crippen molar-refractivity contribution >= 4 is 5.82 Å². The molecule has 4 heteroatoms. The lowest BCUT2D eigenvalue weighted by Gasteiger charge is -2.25. The van der Waals surface area contributed by atoms with Crippen LogP contribution in [0.2, 0.25) is 0 Å². The highest BCUT2D eigenvalue weighted by atomic mass is 15.2. The SMILES string of the molecule is CCCN(CCN(C)C)c1ccc(CC(C)N)cn1. The maximum Gasteiger partial charge on any atom is 0.128 e. The van der Waals surface area contributed by atoms with Gasteiger partial charge in [0.2, 0.25) is 0 Å². The maximum absolute atomic E-state index is 5.81. The summed E-state index contributed by atoms with van der Waals surface area (Å²) in [5.74, 6) is 1.07. The number of anilines is 1. The number of aromatic nitrogens is 1. The zero-order valence-corrected chi connectivity index (χ0v) is 12.8. The van der Waals surface area contributed by atoms with Gasteiger partial charge in [0.1, 0.15) is 5.82 Å². The van der Waals surface area contributed by atoms with E-state index in [4.69, 9.17) is 5.73 Å². The first-order valence-corrected chi connectivity index (χ1v) is 7.13. The Bertz CT molecular complexity index is 346. The number of rotatable bonds is 8. The molecule has 1 atom stereocenters. The van der Waals surface area contributed by atoms with Crippen LogP contribution in [0.4, 0.5) is 5.82 Å². The van der Waals surface area contributed by atoms with E-state index in [1.165, 1.54) is 5.56 Å². The van der Waals surface area contributed by atoms with Gasteiger partial charge < -0.3 is 15.5 Å². The smallest absolute Gasteiger partial charge is 0.128 e. The first kappa shape index (κ1) is 15.9. The van der Waals surface area contributed by atoms with Crippen LogP contribution in [-0.4, -0.2) is 49.7 Å². The number of nitrogens with zero attached hydrogens (tertiary/aromatic N) is 3. The molecule has 2 N–H and O–H groups in total. The van der Waals surface area contributed by atoms with E-state index in [9.17, 15) is 0 Å². The Morgan fingerprint density at radius 3 is 2.42 bits per heavy atom. The summed E-state index contributed by atoms with van der Waals surface area (Å²) in [6, 6.07) is 4.45. The molecule has 1 rings (SSSR count). The van der Waals surface area contributed by atoms with Gasteiger partial charge in [-0.3, -0.25) is 0 Å². The highest BCUT2D eigenvalue weighted by molar-refractivity contribution is 5.39. The van der Waals surface area contributed by atoms with E-state index in [1.54, 1.807) is 0 Å². The summed E-state index contributed by atoms with van der Waals surface area (Å²) in [5.41, 5.74) is 7.02. The van der Waals surface area contributed by atoms with Gasteiger partial charge in [0.05, 0.1) is 0 Å². The standard InChI is InChI=1S/C15H28N4/c1-5-8-19(10-9-18(3)4)15-7-6-14(12-17-15)11-13(2)16/h6-7,12-13H,5,8-11,16H2,1-4H3. The third-order valence-electron chi connectivity index (χ3n) is 3.00. The zero-order chi connectivity index (χ0) is 14.3. The fourth-order valence-corrected chi connectivity index (χ4v) is 2.03. The molecule has 0 aliphatic carbocycles. The van der Waals surface area contributed by atoms with Crippen molar-refractivity contribution in [1.82, 2.24) is 9.88 Å². The molecule has 108 valence electrons. The van der Waals surface area contributed by atoms with Gasteiger partial charge in [-0.1, -0.05) is 13.0 Å². The molecule has 0 amide bonds. The molecule has 4 nitrogen and oxygen atoms in total. The molecule has 19 heavy (non-hydrogen) atoms. The van der Waals surface area contributed by atoms with E-state index in [-0.39, 0.29) is 6.04 Å². The van der Waals surface area contributed by atoms with Crippen molar-refractivity contribution in [1.29, 1.82) is 0 Å². The van der Waals surface area contributed by atoms with E-state index in [0.29, 0.717) is 0 Å². The van der Waals surface area contributed by atoms with Crippen molar-refractivity contribution in [2.75, 3.05) is 38.6 Å². The fraction of sp³-hybridized carbons (Fsp3) is 0.667. The number of pyridine rings is 1. The summed E-state index contributed by atoms with van der Waals surface area (Å²) in [4.78, 5) is 9.12. The first-order valence-electron chi connectivity index (χ1n) is 7.13. The number of hydrogen-bond acceptors (Lipinski definition) is 4. The van der Waals surface area contributed by atoms with Gasteiger partial charge in [-0.25, -0.2) is 4.98 Å². The second kappa shape index (κ2) is 8.12. The minimum absolute atomic E-state index is 0.188. The fourth-order valence-electron chi connectivity index (χ4n) is 2.03. The summed E-state index contributed by atoms with van der Waals surface area (Å²) < 4.78 is 0. The normalized spacial score (nSPS) is 12.7. The quantitative estimate of drug-likeness (QED) is 0.777. The highest BCUT2D eigenvalue weighted by Gasteiger charge is 2.07. The average molecular weight is 264 g/mol. The Kier molecular flexibility index (Phi) is 6.81. The Hall–Kier alpha value is -1.13. The van der Waals surface area contributed by atoms with E-state index < -0.39 is 0 Å². The highest BCUT2D eigenvalue weighted by Crippen LogP contribution is 2.12. The molecule has 0 saturated heterocycles. The largest absolute Gasteiger partial charge is 0.355 e. The molecule has 0 fully saturated rings. The lowest BCUT2D eigenvalue weighted by Crippen LogP contribution is -2.32. The van der Waals surface area contributed by atoms with Gasteiger partial charge >= 0.3 is 0 Å². The first-order chi connectivity index (χ1) is 9.02. The lowest BCUT2D eigenvalue weighted by molar-refractivity contribution is 0.412. The molecule has 0 aliphatic heterocycles. The Morgan fingerprint density at radius 1 is 1.21 bits per heavy atom. The Morgan fingerprint density at radius 2 is 1.95 bits per heavy atom. The molecule has 0 saturated carbocycles. The molecule has 1 heterocycles. The third-order valence-corrected chi connectivity index (χ3v) is 3.00. The van der Waals surface area contributed by atoms with Gasteiger partial charge in [-0.05, 0) is 45.5 Å². The van der Waals surface area contributed by atoms with E-state index >= 15 is 0 Å². The summed E-state index contributed by atoms with van der Waals surface area (Å²) in [6.45, 7) is 7.33. The Labute approximate surface area is 117 Å². The molecule has 1 unspecified atom stereocenters. The summed E-state index contributed by atoms with van der Waals surface area (Å²) in [7, 11) is 4.20. The van der Waals surface area contributed by atoms with Gasteiger partial charge in [0.25, 0.3) is 0 Å². The van der Waals surface area contributed by atoms with Gasteiger partial charge in [-0.15, -0.1) is 0 Å². The monoisotopic (exact) mass is 264 g/mol. The third kappa shape index (κ3) is 6.03. The number of nitrogens with two attached hydrogens (primary N) is 1. The molecular formula is C15H28N4. The number of likely N-dealkylation sites (N-methyl/N-ethyl adjacent to an activating group) is 1. The lowest BCUT2D eigenvalue weighted by atomic mass is 10.1. The van der Waals surface area contributed by atoms with Crippen LogP contribution in [0.1, 0.15) is 25.8 Å². The topological polar surface area (TPSA) is 45.4 Å². The van der Waals surface area contributed by atoms with Crippen molar-refractivity contribution in [3.63, 3.8) is 0 Å². The summed E-state index contributed by atoms with van der Waals surface area (Å²) in [5, 5.41) is 0. The van der Waals surface area contributed by atoms with Gasteiger partial charge in [-0.2, -0.15) is 0 Å². The van der Waals surface area contributed by atoms with Crippen molar-refractivity contribution in [2.45, 2.75) is 32.7 Å². The van der Waals surface area contributed by atoms with Gasteiger partial charge in [0, 0.05) is 31.9 Å². The van der Waals surface area contributed by atoms with E-state index in [0.717, 1.165) is 38.3 Å². The van der Waals surface area contributed by atoms with E-state index in [2.05, 4.69) is 47.9 Å². The second-order valence-corrected chi connectivity index (χ2v) is 5.50. The maximum atomic E-state index is 5.81. The van der Waals surface area contributed by atoms with Crippen LogP contribution in [-0.2, 0) is 6.42 Å².